The molecule has 0 spiro atoms. The first kappa shape index (κ1) is 9.36. The average molecular weight is 176 g/mol. The molecule has 1 fully saturated rings. The Labute approximate surface area is 72.6 Å². The number of hydrogen-bond acceptors (Lipinski definition) is 2. The van der Waals surface area contributed by atoms with E-state index in [4.69, 9.17) is 5.73 Å². The summed E-state index contributed by atoms with van der Waals surface area (Å²) < 4.78 is 2.56. The summed E-state index contributed by atoms with van der Waals surface area (Å²) in [5, 5.41) is 0. The molecule has 2 nitrogen and oxygen atoms in total. The molecule has 68 valence electrons. The van der Waals surface area contributed by atoms with E-state index in [2.05, 4.69) is 23.7 Å². The van der Waals surface area contributed by atoms with Crippen LogP contribution in [0.5, 0.6) is 0 Å². The maximum Gasteiger partial charge on any atom is 0.0150 e. The van der Waals surface area contributed by atoms with Crippen LogP contribution >= 0.6 is 11.1 Å². The van der Waals surface area contributed by atoms with E-state index in [-0.39, 0.29) is 16.6 Å². The molecule has 0 unspecified atom stereocenters. The topological polar surface area (TPSA) is 29.3 Å². The van der Waals surface area contributed by atoms with E-state index in [1.54, 1.807) is 0 Å². The molecule has 0 saturated carbocycles. The summed E-state index contributed by atoms with van der Waals surface area (Å²) in [4.78, 5) is 0. The smallest absolute Gasteiger partial charge is 0.0150 e. The van der Waals surface area contributed by atoms with E-state index in [0.29, 0.717) is 0 Å². The quantitative estimate of drug-likeness (QED) is 0.583. The third-order valence-electron chi connectivity index (χ3n) is 2.45. The van der Waals surface area contributed by atoms with Crippen molar-refractivity contribution in [3.63, 3.8) is 0 Å². The first-order valence-electron chi connectivity index (χ1n) is 4.22. The second-order valence-corrected chi connectivity index (χ2v) is 6.22. The van der Waals surface area contributed by atoms with Crippen molar-refractivity contribution in [1.82, 2.24) is 4.31 Å². The highest BCUT2D eigenvalue weighted by molar-refractivity contribution is 8.13. The Morgan fingerprint density at radius 1 is 1.27 bits per heavy atom. The van der Waals surface area contributed by atoms with Crippen molar-refractivity contribution in [2.45, 2.75) is 25.3 Å². The lowest BCUT2D eigenvalue weighted by Crippen LogP contribution is -2.46. The largest absolute Gasteiger partial charge is 0.325 e. The molecule has 1 aliphatic heterocycles. The van der Waals surface area contributed by atoms with E-state index in [1.165, 1.54) is 13.1 Å². The molecule has 0 aliphatic carbocycles. The molecule has 0 aromatic rings. The summed E-state index contributed by atoms with van der Waals surface area (Å²) in [6, 6.07) is 0. The monoisotopic (exact) mass is 176 g/mol. The summed E-state index contributed by atoms with van der Waals surface area (Å²) in [5.74, 6) is 0. The Hall–Kier alpha value is 0.270. The van der Waals surface area contributed by atoms with Crippen LogP contribution in [-0.4, -0.2) is 35.4 Å². The lowest BCUT2D eigenvalue weighted by Gasteiger charge is -2.39. The van der Waals surface area contributed by atoms with Crippen LogP contribution in [0.4, 0.5) is 0 Å². The van der Waals surface area contributed by atoms with Crippen molar-refractivity contribution in [1.29, 1.82) is 0 Å². The summed E-state index contributed by atoms with van der Waals surface area (Å²) in [7, 11) is 0. The molecule has 0 atom stereocenters. The molecule has 11 heavy (non-hydrogen) atoms. The third-order valence-corrected chi connectivity index (χ3v) is 3.98. The molecule has 0 aromatic heterocycles. The zero-order valence-electron chi connectivity index (χ0n) is 7.80. The molecule has 0 amide bonds. The molecule has 1 heterocycles. The van der Waals surface area contributed by atoms with Gasteiger partial charge in [-0.05, 0) is 32.3 Å². The number of piperidine rings is 1. The highest BCUT2D eigenvalue weighted by Crippen LogP contribution is 2.28. The molecular formula is C8H20N2S. The van der Waals surface area contributed by atoms with Crippen LogP contribution in [0.2, 0.25) is 0 Å². The zero-order valence-corrected chi connectivity index (χ0v) is 8.69. The van der Waals surface area contributed by atoms with Crippen LogP contribution in [0.1, 0.15) is 19.8 Å². The fourth-order valence-electron chi connectivity index (χ4n) is 1.41. The van der Waals surface area contributed by atoms with Crippen molar-refractivity contribution < 1.29 is 0 Å². The molecule has 0 bridgehead atoms. The first-order chi connectivity index (χ1) is 5.01. The predicted molar refractivity (Wildman–Crippen MR) is 54.2 cm³/mol. The van der Waals surface area contributed by atoms with Crippen LogP contribution in [0, 0.1) is 0 Å². The van der Waals surface area contributed by atoms with E-state index in [1.807, 2.05) is 0 Å². The summed E-state index contributed by atoms with van der Waals surface area (Å²) in [6.45, 7) is 4.56. The minimum atomic E-state index is 0.113. The van der Waals surface area contributed by atoms with Gasteiger partial charge in [0, 0.05) is 18.6 Å². The number of nitrogens with two attached hydrogens (primary N) is 1. The van der Waals surface area contributed by atoms with Crippen LogP contribution in [0.25, 0.3) is 0 Å². The van der Waals surface area contributed by atoms with Gasteiger partial charge in [-0.3, -0.25) is 4.31 Å². The number of hydrogen-bond donors (Lipinski definition) is 2. The zero-order chi connectivity index (χ0) is 8.48. The Morgan fingerprint density at radius 3 is 2.09 bits per heavy atom. The number of rotatable bonds is 1. The SMILES string of the molecule is C[SH](C)N1CCC(C)(N)CC1. The van der Waals surface area contributed by atoms with Gasteiger partial charge in [0.2, 0.25) is 0 Å². The van der Waals surface area contributed by atoms with Gasteiger partial charge in [0.1, 0.15) is 0 Å². The highest BCUT2D eigenvalue weighted by atomic mass is 32.2. The third kappa shape index (κ3) is 2.65. The second kappa shape index (κ2) is 3.33. The van der Waals surface area contributed by atoms with Gasteiger partial charge in [0.05, 0.1) is 0 Å². The average Bonchev–Trinajstić information content (AvgIpc) is 1.86. The molecule has 3 heteroatoms. The van der Waals surface area contributed by atoms with Gasteiger partial charge in [-0.25, -0.2) is 11.1 Å². The fraction of sp³-hybridized carbons (Fsp3) is 1.00. The lowest BCUT2D eigenvalue weighted by molar-refractivity contribution is 0.265. The van der Waals surface area contributed by atoms with Crippen LogP contribution in [0.15, 0.2) is 0 Å². The number of nitrogens with zero attached hydrogens (tertiary/aromatic N) is 1. The van der Waals surface area contributed by atoms with Gasteiger partial charge in [0.15, 0.2) is 0 Å². The normalized spacial score (nSPS) is 26.7. The highest BCUT2D eigenvalue weighted by Gasteiger charge is 2.25. The van der Waals surface area contributed by atoms with Gasteiger partial charge in [-0.1, -0.05) is 0 Å². The maximum atomic E-state index is 6.02. The summed E-state index contributed by atoms with van der Waals surface area (Å²) >= 11 is 0.118. The maximum absolute atomic E-state index is 6.02. The Morgan fingerprint density at radius 2 is 1.73 bits per heavy atom. The van der Waals surface area contributed by atoms with E-state index >= 15 is 0 Å². The van der Waals surface area contributed by atoms with Crippen LogP contribution in [0.3, 0.4) is 0 Å². The minimum Gasteiger partial charge on any atom is -0.325 e. The van der Waals surface area contributed by atoms with Crippen molar-refractivity contribution in [3.05, 3.63) is 0 Å². The van der Waals surface area contributed by atoms with Gasteiger partial charge < -0.3 is 5.73 Å². The Kier molecular flexibility index (Phi) is 2.84. The van der Waals surface area contributed by atoms with Gasteiger partial charge >= 0.3 is 0 Å². The van der Waals surface area contributed by atoms with E-state index in [9.17, 15) is 0 Å². The predicted octanol–water partition coefficient (Wildman–Crippen LogP) is 0.975. The molecule has 2 N–H and O–H groups in total. The molecule has 1 aliphatic rings. The van der Waals surface area contributed by atoms with Crippen molar-refractivity contribution in [2.24, 2.45) is 5.73 Å². The van der Waals surface area contributed by atoms with Crippen molar-refractivity contribution in [2.75, 3.05) is 25.6 Å². The van der Waals surface area contributed by atoms with Crippen molar-refractivity contribution >= 4 is 11.1 Å². The van der Waals surface area contributed by atoms with Crippen LogP contribution < -0.4 is 5.73 Å². The molecule has 0 radical (unpaired) electrons. The fourth-order valence-corrected chi connectivity index (χ4v) is 2.41. The molecule has 1 saturated heterocycles. The number of thiol groups is 1. The first-order valence-corrected chi connectivity index (χ1v) is 6.41. The van der Waals surface area contributed by atoms with Crippen molar-refractivity contribution in [3.8, 4) is 0 Å². The molecular weight excluding hydrogens is 156 g/mol. The Balaban J connectivity index is 2.36. The molecule has 0 aromatic carbocycles. The van der Waals surface area contributed by atoms with E-state index in [0.717, 1.165) is 12.8 Å². The van der Waals surface area contributed by atoms with Gasteiger partial charge in [0.25, 0.3) is 0 Å². The summed E-state index contributed by atoms with van der Waals surface area (Å²) in [6.07, 6.45) is 6.95. The van der Waals surface area contributed by atoms with Gasteiger partial charge in [-0.15, -0.1) is 0 Å². The van der Waals surface area contributed by atoms with Crippen LogP contribution in [-0.2, 0) is 0 Å². The second-order valence-electron chi connectivity index (χ2n) is 3.95. The standard InChI is InChI=1S/C8H20N2S/c1-8(9)4-6-10(7-5-8)11(2)3/h11H,4-7,9H2,1-3H3. The Bertz CT molecular complexity index is 124. The van der Waals surface area contributed by atoms with E-state index < -0.39 is 0 Å². The van der Waals surface area contributed by atoms with Gasteiger partial charge in [-0.2, -0.15) is 0 Å². The summed E-state index contributed by atoms with van der Waals surface area (Å²) in [5.41, 5.74) is 6.13. The minimum absolute atomic E-state index is 0.113. The lowest BCUT2D eigenvalue weighted by atomic mass is 9.92. The molecule has 1 rings (SSSR count).